The first-order valence-electron chi connectivity index (χ1n) is 3.98. The Hall–Kier alpha value is -1.23. The van der Waals surface area contributed by atoms with Crippen LogP contribution in [-0.2, 0) is 7.05 Å². The molecule has 0 bridgehead atoms. The molecule has 0 aliphatic carbocycles. The summed E-state index contributed by atoms with van der Waals surface area (Å²) in [5.41, 5.74) is 1.17. The number of hydrogen-bond donors (Lipinski definition) is 0. The Kier molecular flexibility index (Phi) is 2.33. The highest BCUT2D eigenvalue weighted by atomic mass is 79.9. The van der Waals surface area contributed by atoms with Crippen LogP contribution in [0, 0.1) is 5.82 Å². The minimum atomic E-state index is -0.312. The van der Waals surface area contributed by atoms with Crippen molar-refractivity contribution in [3.8, 4) is 11.4 Å². The van der Waals surface area contributed by atoms with Gasteiger partial charge in [0.2, 0.25) is 0 Å². The normalized spacial score (nSPS) is 10.5. The molecule has 0 aromatic carbocycles. The van der Waals surface area contributed by atoms with E-state index in [2.05, 4.69) is 26.0 Å². The standard InChI is InChI=1S/C9H7BrFN3/c1-14-5-7(10)9(13-14)8-4-6(11)2-3-12-8/h2-5H,1H3. The Morgan fingerprint density at radius 3 is 2.86 bits per heavy atom. The van der Waals surface area contributed by atoms with Crippen LogP contribution in [0.25, 0.3) is 11.4 Å². The molecule has 0 atom stereocenters. The molecule has 2 rings (SSSR count). The monoisotopic (exact) mass is 255 g/mol. The Morgan fingerprint density at radius 1 is 1.50 bits per heavy atom. The lowest BCUT2D eigenvalue weighted by Crippen LogP contribution is -1.90. The van der Waals surface area contributed by atoms with Gasteiger partial charge in [-0.1, -0.05) is 0 Å². The molecule has 0 aliphatic heterocycles. The lowest BCUT2D eigenvalue weighted by molar-refractivity contribution is 0.626. The summed E-state index contributed by atoms with van der Waals surface area (Å²) < 4.78 is 15.4. The van der Waals surface area contributed by atoms with E-state index < -0.39 is 0 Å². The fourth-order valence-electron chi connectivity index (χ4n) is 1.17. The van der Waals surface area contributed by atoms with Gasteiger partial charge in [-0.3, -0.25) is 9.67 Å². The summed E-state index contributed by atoms with van der Waals surface area (Å²) >= 11 is 3.33. The number of aryl methyl sites for hydroxylation is 1. The quantitative estimate of drug-likeness (QED) is 0.784. The van der Waals surface area contributed by atoms with Crippen molar-refractivity contribution in [3.05, 3.63) is 34.8 Å². The SMILES string of the molecule is Cn1cc(Br)c(-c2cc(F)ccn2)n1. The molecule has 0 saturated carbocycles. The van der Waals surface area contributed by atoms with Crippen LogP contribution in [0.5, 0.6) is 0 Å². The molecular weight excluding hydrogens is 249 g/mol. The van der Waals surface area contributed by atoms with Gasteiger partial charge in [-0.25, -0.2) is 4.39 Å². The first-order valence-corrected chi connectivity index (χ1v) is 4.77. The second-order valence-corrected chi connectivity index (χ2v) is 3.71. The van der Waals surface area contributed by atoms with Crippen LogP contribution in [-0.4, -0.2) is 14.8 Å². The summed E-state index contributed by atoms with van der Waals surface area (Å²) in [6.07, 6.45) is 3.22. The summed E-state index contributed by atoms with van der Waals surface area (Å²) in [5.74, 6) is -0.312. The lowest BCUT2D eigenvalue weighted by Gasteiger charge is -1.95. The van der Waals surface area contributed by atoms with E-state index in [1.165, 1.54) is 18.3 Å². The van der Waals surface area contributed by atoms with E-state index in [9.17, 15) is 4.39 Å². The number of aromatic nitrogens is 3. The second kappa shape index (κ2) is 3.49. The van der Waals surface area contributed by atoms with Crippen LogP contribution in [0.2, 0.25) is 0 Å². The molecule has 0 N–H and O–H groups in total. The Bertz CT molecular complexity index is 467. The number of pyridine rings is 1. The number of hydrogen-bond acceptors (Lipinski definition) is 2. The molecule has 0 spiro atoms. The van der Waals surface area contributed by atoms with Gasteiger partial charge in [0.05, 0.1) is 10.2 Å². The maximum absolute atomic E-state index is 12.9. The van der Waals surface area contributed by atoms with Crippen molar-refractivity contribution in [2.75, 3.05) is 0 Å². The van der Waals surface area contributed by atoms with E-state index >= 15 is 0 Å². The Balaban J connectivity index is 2.54. The van der Waals surface area contributed by atoms with E-state index in [1.807, 2.05) is 0 Å². The van der Waals surface area contributed by atoms with E-state index in [-0.39, 0.29) is 5.82 Å². The van der Waals surface area contributed by atoms with Gasteiger partial charge in [0.1, 0.15) is 11.5 Å². The van der Waals surface area contributed by atoms with E-state index in [4.69, 9.17) is 0 Å². The fraction of sp³-hybridized carbons (Fsp3) is 0.111. The smallest absolute Gasteiger partial charge is 0.126 e. The molecule has 5 heteroatoms. The average molecular weight is 256 g/mol. The molecule has 2 heterocycles. The zero-order chi connectivity index (χ0) is 10.1. The van der Waals surface area contributed by atoms with Crippen molar-refractivity contribution in [1.82, 2.24) is 14.8 Å². The highest BCUT2D eigenvalue weighted by Gasteiger charge is 2.09. The number of halogens is 2. The molecule has 0 unspecified atom stereocenters. The van der Waals surface area contributed by atoms with Crippen molar-refractivity contribution in [1.29, 1.82) is 0 Å². The lowest BCUT2D eigenvalue weighted by atomic mass is 10.3. The molecule has 0 aliphatic rings. The minimum absolute atomic E-state index is 0.312. The molecule has 2 aromatic rings. The van der Waals surface area contributed by atoms with Gasteiger partial charge < -0.3 is 0 Å². The molecule has 2 aromatic heterocycles. The van der Waals surface area contributed by atoms with Crippen molar-refractivity contribution >= 4 is 15.9 Å². The molecule has 0 saturated heterocycles. The highest BCUT2D eigenvalue weighted by Crippen LogP contribution is 2.24. The number of rotatable bonds is 1. The summed E-state index contributed by atoms with van der Waals surface area (Å²) in [6, 6.07) is 2.66. The van der Waals surface area contributed by atoms with Gasteiger partial charge in [0.15, 0.2) is 0 Å². The molecule has 0 amide bonds. The van der Waals surface area contributed by atoms with Gasteiger partial charge in [-0.05, 0) is 22.0 Å². The fourth-order valence-corrected chi connectivity index (χ4v) is 1.75. The Morgan fingerprint density at radius 2 is 2.29 bits per heavy atom. The third-order valence-corrected chi connectivity index (χ3v) is 2.33. The maximum atomic E-state index is 12.9. The minimum Gasteiger partial charge on any atom is -0.274 e. The van der Waals surface area contributed by atoms with Crippen molar-refractivity contribution in [2.24, 2.45) is 7.05 Å². The van der Waals surface area contributed by atoms with Crippen molar-refractivity contribution in [2.45, 2.75) is 0 Å². The Labute approximate surface area is 88.7 Å². The largest absolute Gasteiger partial charge is 0.274 e. The molecule has 0 radical (unpaired) electrons. The van der Waals surface area contributed by atoms with Crippen molar-refractivity contribution in [3.63, 3.8) is 0 Å². The van der Waals surface area contributed by atoms with Gasteiger partial charge in [-0.15, -0.1) is 0 Å². The number of nitrogens with zero attached hydrogens (tertiary/aromatic N) is 3. The predicted molar refractivity (Wildman–Crippen MR) is 54.1 cm³/mol. The van der Waals surface area contributed by atoms with Gasteiger partial charge in [0, 0.05) is 25.5 Å². The van der Waals surface area contributed by atoms with E-state index in [0.29, 0.717) is 11.4 Å². The van der Waals surface area contributed by atoms with Gasteiger partial charge in [-0.2, -0.15) is 5.10 Å². The van der Waals surface area contributed by atoms with Gasteiger partial charge >= 0.3 is 0 Å². The van der Waals surface area contributed by atoms with Crippen molar-refractivity contribution < 1.29 is 4.39 Å². The first kappa shape index (κ1) is 9.33. The molecule has 72 valence electrons. The topological polar surface area (TPSA) is 30.7 Å². The van der Waals surface area contributed by atoms with Crippen LogP contribution in [0.4, 0.5) is 4.39 Å². The second-order valence-electron chi connectivity index (χ2n) is 2.86. The highest BCUT2D eigenvalue weighted by molar-refractivity contribution is 9.10. The van der Waals surface area contributed by atoms with Crippen LogP contribution in [0.3, 0.4) is 0 Å². The van der Waals surface area contributed by atoms with Gasteiger partial charge in [0.25, 0.3) is 0 Å². The predicted octanol–water partition coefficient (Wildman–Crippen LogP) is 2.38. The summed E-state index contributed by atoms with van der Waals surface area (Å²) in [5, 5.41) is 4.16. The van der Waals surface area contributed by atoms with Crippen LogP contribution in [0.15, 0.2) is 29.0 Å². The van der Waals surface area contributed by atoms with E-state index in [0.717, 1.165) is 4.47 Å². The van der Waals surface area contributed by atoms with E-state index in [1.54, 1.807) is 17.9 Å². The molecular formula is C9H7BrFN3. The van der Waals surface area contributed by atoms with Crippen LogP contribution >= 0.6 is 15.9 Å². The summed E-state index contributed by atoms with van der Waals surface area (Å²) in [6.45, 7) is 0. The zero-order valence-corrected chi connectivity index (χ0v) is 8.99. The first-order chi connectivity index (χ1) is 6.66. The van der Waals surface area contributed by atoms with Crippen LogP contribution in [0.1, 0.15) is 0 Å². The molecule has 14 heavy (non-hydrogen) atoms. The van der Waals surface area contributed by atoms with Crippen LogP contribution < -0.4 is 0 Å². The third-order valence-electron chi connectivity index (χ3n) is 1.75. The maximum Gasteiger partial charge on any atom is 0.126 e. The zero-order valence-electron chi connectivity index (χ0n) is 7.41. The molecule has 0 fully saturated rings. The third kappa shape index (κ3) is 1.68. The summed E-state index contributed by atoms with van der Waals surface area (Å²) in [4.78, 5) is 4.04. The average Bonchev–Trinajstić information content (AvgIpc) is 2.45. The summed E-state index contributed by atoms with van der Waals surface area (Å²) in [7, 11) is 1.80. The molecule has 3 nitrogen and oxygen atoms in total.